The van der Waals surface area contributed by atoms with Gasteiger partial charge in [-0.2, -0.15) is 0 Å². The highest BCUT2D eigenvalue weighted by Gasteiger charge is 2.19. The smallest absolute Gasteiger partial charge is 0.306 e. The van der Waals surface area contributed by atoms with Gasteiger partial charge < -0.3 is 14.2 Å². The zero-order valence-electron chi connectivity index (χ0n) is 37.4. The molecule has 0 saturated heterocycles. The van der Waals surface area contributed by atoms with Crippen molar-refractivity contribution in [1.29, 1.82) is 0 Å². The van der Waals surface area contributed by atoms with E-state index in [-0.39, 0.29) is 31.1 Å². The van der Waals surface area contributed by atoms with Crippen molar-refractivity contribution < 1.29 is 28.6 Å². The largest absolute Gasteiger partial charge is 0.462 e. The lowest BCUT2D eigenvalue weighted by atomic mass is 10.0. The van der Waals surface area contributed by atoms with Gasteiger partial charge in [0, 0.05) is 19.3 Å². The quantitative estimate of drug-likeness (QED) is 0.0348. The molecule has 0 rings (SSSR count). The molecule has 0 N–H and O–H groups in total. The van der Waals surface area contributed by atoms with Crippen LogP contribution in [0, 0.1) is 5.92 Å². The fraction of sp³-hybridized carbons (Fsp3) is 0.939. The highest BCUT2D eigenvalue weighted by Crippen LogP contribution is 2.17. The summed E-state index contributed by atoms with van der Waals surface area (Å²) in [4.78, 5) is 37.7. The Morgan fingerprint density at radius 3 is 0.891 bits per heavy atom. The highest BCUT2D eigenvalue weighted by molar-refractivity contribution is 5.71. The summed E-state index contributed by atoms with van der Waals surface area (Å²) in [5.41, 5.74) is 0. The minimum Gasteiger partial charge on any atom is -0.462 e. The molecular weight excluding hydrogens is 685 g/mol. The van der Waals surface area contributed by atoms with Crippen molar-refractivity contribution in [3.8, 4) is 0 Å². The lowest BCUT2D eigenvalue weighted by molar-refractivity contribution is -0.167. The molecule has 0 fully saturated rings. The van der Waals surface area contributed by atoms with Gasteiger partial charge in [-0.1, -0.05) is 233 Å². The van der Waals surface area contributed by atoms with E-state index in [0.29, 0.717) is 19.3 Å². The van der Waals surface area contributed by atoms with E-state index in [1.807, 2.05) is 0 Å². The van der Waals surface area contributed by atoms with Crippen LogP contribution in [0.5, 0.6) is 0 Å². The molecule has 0 bridgehead atoms. The summed E-state index contributed by atoms with van der Waals surface area (Å²) in [5.74, 6) is -0.0381. The van der Waals surface area contributed by atoms with Crippen molar-refractivity contribution in [2.45, 2.75) is 278 Å². The first-order valence-corrected chi connectivity index (χ1v) is 24.4. The second-order valence-corrected chi connectivity index (χ2v) is 17.2. The minimum atomic E-state index is -0.758. The van der Waals surface area contributed by atoms with Crippen molar-refractivity contribution in [3.05, 3.63) is 0 Å². The summed E-state index contributed by atoms with van der Waals surface area (Å²) >= 11 is 0. The minimum absolute atomic E-state index is 0.0639. The zero-order valence-corrected chi connectivity index (χ0v) is 37.4. The first kappa shape index (κ1) is 53.4. The van der Waals surface area contributed by atoms with Crippen molar-refractivity contribution in [2.75, 3.05) is 13.2 Å². The number of unbranched alkanes of at least 4 members (excludes halogenated alkanes) is 31. The van der Waals surface area contributed by atoms with Crippen LogP contribution in [0.25, 0.3) is 0 Å². The van der Waals surface area contributed by atoms with Gasteiger partial charge in [0.25, 0.3) is 0 Å². The van der Waals surface area contributed by atoms with Gasteiger partial charge in [0.15, 0.2) is 6.10 Å². The maximum absolute atomic E-state index is 12.6. The topological polar surface area (TPSA) is 78.9 Å². The normalized spacial score (nSPS) is 11.9. The monoisotopic (exact) mass is 779 g/mol. The van der Waals surface area contributed by atoms with Crippen LogP contribution in [0.2, 0.25) is 0 Å². The molecule has 0 aliphatic heterocycles. The lowest BCUT2D eigenvalue weighted by Crippen LogP contribution is -2.30. The van der Waals surface area contributed by atoms with Crippen LogP contribution in [0.1, 0.15) is 272 Å². The molecule has 0 saturated carbocycles. The van der Waals surface area contributed by atoms with Crippen molar-refractivity contribution in [3.63, 3.8) is 0 Å². The Hall–Kier alpha value is -1.59. The predicted octanol–water partition coefficient (Wildman–Crippen LogP) is 15.5. The van der Waals surface area contributed by atoms with E-state index in [0.717, 1.165) is 63.7 Å². The predicted molar refractivity (Wildman–Crippen MR) is 233 cm³/mol. The number of carbonyl (C=O) groups is 3. The number of hydrogen-bond acceptors (Lipinski definition) is 6. The highest BCUT2D eigenvalue weighted by atomic mass is 16.6. The number of hydrogen-bond donors (Lipinski definition) is 0. The van der Waals surface area contributed by atoms with Gasteiger partial charge in [0.05, 0.1) is 0 Å². The molecule has 0 aromatic heterocycles. The van der Waals surface area contributed by atoms with Crippen LogP contribution < -0.4 is 0 Å². The molecule has 0 aliphatic rings. The fourth-order valence-electron chi connectivity index (χ4n) is 7.33. The van der Waals surface area contributed by atoms with E-state index in [1.54, 1.807) is 0 Å². The van der Waals surface area contributed by atoms with Gasteiger partial charge in [-0.15, -0.1) is 0 Å². The SMILES string of the molecule is CCCCCCCCCCCCCCCCCCCC(=O)OC[C@H](COC(=O)CCCCCCCCCCCCC(C)C)OC(=O)CCCCCCCCC. The molecule has 0 aliphatic carbocycles. The van der Waals surface area contributed by atoms with Crippen molar-refractivity contribution in [1.82, 2.24) is 0 Å². The molecule has 0 spiro atoms. The molecular formula is C49H94O6. The van der Waals surface area contributed by atoms with Crippen LogP contribution in [-0.4, -0.2) is 37.2 Å². The molecule has 0 heterocycles. The average Bonchev–Trinajstić information content (AvgIpc) is 3.17. The van der Waals surface area contributed by atoms with Gasteiger partial charge >= 0.3 is 17.9 Å². The summed E-state index contributed by atoms with van der Waals surface area (Å²) in [6, 6.07) is 0. The maximum Gasteiger partial charge on any atom is 0.306 e. The van der Waals surface area contributed by atoms with E-state index < -0.39 is 6.10 Å². The van der Waals surface area contributed by atoms with Crippen molar-refractivity contribution in [2.24, 2.45) is 5.92 Å². The average molecular weight is 779 g/mol. The molecule has 55 heavy (non-hydrogen) atoms. The Kier molecular flexibility index (Phi) is 42.3. The Morgan fingerprint density at radius 1 is 0.345 bits per heavy atom. The van der Waals surface area contributed by atoms with Crippen LogP contribution >= 0.6 is 0 Å². The summed E-state index contributed by atoms with van der Waals surface area (Å²) in [6.45, 7) is 8.96. The molecule has 6 heteroatoms. The van der Waals surface area contributed by atoms with Gasteiger partial charge in [-0.3, -0.25) is 14.4 Å². The second-order valence-electron chi connectivity index (χ2n) is 17.2. The van der Waals surface area contributed by atoms with Crippen LogP contribution in [-0.2, 0) is 28.6 Å². The first-order chi connectivity index (χ1) is 26.9. The van der Waals surface area contributed by atoms with Gasteiger partial charge in [-0.05, 0) is 25.2 Å². The number of esters is 3. The van der Waals surface area contributed by atoms with Gasteiger partial charge in [0.2, 0.25) is 0 Å². The molecule has 0 unspecified atom stereocenters. The van der Waals surface area contributed by atoms with Crippen molar-refractivity contribution >= 4 is 17.9 Å². The zero-order chi connectivity index (χ0) is 40.3. The van der Waals surface area contributed by atoms with Gasteiger partial charge in [0.1, 0.15) is 13.2 Å². The maximum atomic E-state index is 12.6. The van der Waals surface area contributed by atoms with E-state index in [1.165, 1.54) is 167 Å². The Labute approximate surface area is 342 Å². The Balaban J connectivity index is 4.18. The van der Waals surface area contributed by atoms with Crippen LogP contribution in [0.15, 0.2) is 0 Å². The summed E-state index contributed by atoms with van der Waals surface area (Å²) in [5, 5.41) is 0. The lowest BCUT2D eigenvalue weighted by Gasteiger charge is -2.18. The van der Waals surface area contributed by atoms with E-state index in [9.17, 15) is 14.4 Å². The summed E-state index contributed by atoms with van der Waals surface area (Å²) < 4.78 is 16.7. The fourth-order valence-corrected chi connectivity index (χ4v) is 7.33. The summed E-state index contributed by atoms with van der Waals surface area (Å²) in [6.07, 6.45) is 43.9. The molecule has 1 atom stereocenters. The third-order valence-electron chi connectivity index (χ3n) is 11.0. The van der Waals surface area contributed by atoms with E-state index in [2.05, 4.69) is 27.7 Å². The Bertz CT molecular complexity index is 826. The summed E-state index contributed by atoms with van der Waals surface area (Å²) in [7, 11) is 0. The number of rotatable bonds is 44. The number of ether oxygens (including phenoxy) is 3. The molecule has 326 valence electrons. The molecule has 0 radical (unpaired) electrons. The third-order valence-corrected chi connectivity index (χ3v) is 11.0. The Morgan fingerprint density at radius 2 is 0.600 bits per heavy atom. The third kappa shape index (κ3) is 43.4. The van der Waals surface area contributed by atoms with Gasteiger partial charge in [-0.25, -0.2) is 0 Å². The molecule has 0 aromatic rings. The van der Waals surface area contributed by atoms with Crippen LogP contribution in [0.4, 0.5) is 0 Å². The van der Waals surface area contributed by atoms with E-state index >= 15 is 0 Å². The standard InChI is InChI=1S/C49H94O6/c1-5-7-9-11-13-14-15-16-17-18-19-20-21-25-29-32-36-40-47(50)53-43-46(55-49(52)42-38-34-27-12-10-8-6-2)44-54-48(51)41-37-33-30-26-23-22-24-28-31-35-39-45(3)4/h45-46H,5-44H2,1-4H3/t46-/m1/s1. The molecule has 0 aromatic carbocycles. The first-order valence-electron chi connectivity index (χ1n) is 24.4. The second kappa shape index (κ2) is 43.5. The van der Waals surface area contributed by atoms with Crippen LogP contribution in [0.3, 0.4) is 0 Å². The van der Waals surface area contributed by atoms with E-state index in [4.69, 9.17) is 14.2 Å². The molecule has 6 nitrogen and oxygen atoms in total. The molecule has 0 amide bonds. The number of carbonyl (C=O) groups excluding carboxylic acids is 3.